The molecule has 0 aliphatic carbocycles. The lowest BCUT2D eigenvalue weighted by atomic mass is 9.96. The van der Waals surface area contributed by atoms with E-state index in [4.69, 9.17) is 16.3 Å². The molecule has 0 radical (unpaired) electrons. The van der Waals surface area contributed by atoms with Crippen LogP contribution in [-0.4, -0.2) is 40.6 Å². The number of amides is 1. The van der Waals surface area contributed by atoms with Gasteiger partial charge in [-0.3, -0.25) is 4.79 Å². The Balaban J connectivity index is 1.63. The third kappa shape index (κ3) is 3.56. The molecule has 1 saturated heterocycles. The summed E-state index contributed by atoms with van der Waals surface area (Å²) in [5.41, 5.74) is 0.536. The summed E-state index contributed by atoms with van der Waals surface area (Å²) in [5, 5.41) is 0.546. The predicted molar refractivity (Wildman–Crippen MR) is 93.6 cm³/mol. The summed E-state index contributed by atoms with van der Waals surface area (Å²) in [7, 11) is 1.57. The Morgan fingerprint density at radius 2 is 2.12 bits per heavy atom. The molecule has 1 aromatic heterocycles. The molecule has 0 N–H and O–H groups in total. The first-order chi connectivity index (χ1) is 11.6. The molecule has 3 rings (SSSR count). The molecule has 128 valence electrons. The lowest BCUT2D eigenvalue weighted by Crippen LogP contribution is -2.39. The van der Waals surface area contributed by atoms with Crippen LogP contribution in [0.4, 0.5) is 0 Å². The Labute approximate surface area is 147 Å². The van der Waals surface area contributed by atoms with E-state index in [2.05, 4.69) is 9.55 Å². The SMILES string of the molecule is COc1ccc(Cl)cc1C(=O)N1CCC(Cn2ccnc2C)CC1. The average Bonchev–Trinajstić information content (AvgIpc) is 3.00. The smallest absolute Gasteiger partial charge is 0.257 e. The Bertz CT molecular complexity index is 721. The van der Waals surface area contributed by atoms with Crippen molar-refractivity contribution in [3.05, 3.63) is 47.0 Å². The molecule has 0 bridgehead atoms. The molecule has 1 aliphatic heterocycles. The van der Waals surface area contributed by atoms with Gasteiger partial charge in [-0.15, -0.1) is 0 Å². The van der Waals surface area contributed by atoms with Crippen molar-refractivity contribution >= 4 is 17.5 Å². The molecule has 0 spiro atoms. The first-order valence-corrected chi connectivity index (χ1v) is 8.57. The van der Waals surface area contributed by atoms with Crippen molar-refractivity contribution in [2.45, 2.75) is 26.3 Å². The van der Waals surface area contributed by atoms with Gasteiger partial charge in [0.1, 0.15) is 11.6 Å². The molecule has 5 nitrogen and oxygen atoms in total. The third-order valence-electron chi connectivity index (χ3n) is 4.67. The van der Waals surface area contributed by atoms with Crippen LogP contribution >= 0.6 is 11.6 Å². The van der Waals surface area contributed by atoms with Gasteiger partial charge in [-0.25, -0.2) is 4.98 Å². The van der Waals surface area contributed by atoms with Gasteiger partial charge in [0.2, 0.25) is 0 Å². The largest absolute Gasteiger partial charge is 0.496 e. The fourth-order valence-electron chi connectivity index (χ4n) is 3.21. The van der Waals surface area contributed by atoms with Crippen LogP contribution in [0.3, 0.4) is 0 Å². The molecule has 1 amide bonds. The van der Waals surface area contributed by atoms with E-state index in [1.807, 2.05) is 24.2 Å². The molecule has 2 heterocycles. The van der Waals surface area contributed by atoms with E-state index >= 15 is 0 Å². The van der Waals surface area contributed by atoms with E-state index in [0.717, 1.165) is 38.3 Å². The first kappa shape index (κ1) is 16.8. The average molecular weight is 348 g/mol. The number of benzene rings is 1. The number of methoxy groups -OCH3 is 1. The summed E-state index contributed by atoms with van der Waals surface area (Å²) in [6.07, 6.45) is 5.83. The van der Waals surface area contributed by atoms with E-state index in [9.17, 15) is 4.79 Å². The van der Waals surface area contributed by atoms with Crippen molar-refractivity contribution < 1.29 is 9.53 Å². The Morgan fingerprint density at radius 1 is 1.38 bits per heavy atom. The van der Waals surface area contributed by atoms with Crippen molar-refractivity contribution in [3.8, 4) is 5.75 Å². The summed E-state index contributed by atoms with van der Waals surface area (Å²) in [5.74, 6) is 2.17. The van der Waals surface area contributed by atoms with Gasteiger partial charge in [-0.1, -0.05) is 11.6 Å². The third-order valence-corrected chi connectivity index (χ3v) is 4.91. The molecule has 1 aliphatic rings. The zero-order valence-electron chi connectivity index (χ0n) is 14.0. The minimum Gasteiger partial charge on any atom is -0.496 e. The van der Waals surface area contributed by atoms with E-state index in [1.54, 1.807) is 25.3 Å². The monoisotopic (exact) mass is 347 g/mol. The molecule has 0 atom stereocenters. The summed E-state index contributed by atoms with van der Waals surface area (Å²) in [4.78, 5) is 18.9. The number of carbonyl (C=O) groups is 1. The van der Waals surface area contributed by atoms with Crippen molar-refractivity contribution in [2.75, 3.05) is 20.2 Å². The summed E-state index contributed by atoms with van der Waals surface area (Å²) >= 11 is 6.04. The van der Waals surface area contributed by atoms with Gasteiger partial charge < -0.3 is 14.2 Å². The van der Waals surface area contributed by atoms with Crippen LogP contribution in [0.5, 0.6) is 5.75 Å². The lowest BCUT2D eigenvalue weighted by molar-refractivity contribution is 0.0679. The Morgan fingerprint density at radius 3 is 2.75 bits per heavy atom. The maximum Gasteiger partial charge on any atom is 0.257 e. The topological polar surface area (TPSA) is 47.4 Å². The van der Waals surface area contributed by atoms with Crippen LogP contribution in [0.25, 0.3) is 0 Å². The van der Waals surface area contributed by atoms with Crippen molar-refractivity contribution in [1.29, 1.82) is 0 Å². The minimum atomic E-state index is -0.00777. The molecule has 1 fully saturated rings. The van der Waals surface area contributed by atoms with E-state index < -0.39 is 0 Å². The Hall–Kier alpha value is -2.01. The highest BCUT2D eigenvalue weighted by Gasteiger charge is 2.26. The molecule has 0 unspecified atom stereocenters. The van der Waals surface area contributed by atoms with Crippen LogP contribution in [0, 0.1) is 12.8 Å². The van der Waals surface area contributed by atoms with Gasteiger partial charge in [0.25, 0.3) is 5.91 Å². The summed E-state index contributed by atoms with van der Waals surface area (Å²) in [6.45, 7) is 4.50. The van der Waals surface area contributed by atoms with E-state index in [-0.39, 0.29) is 5.91 Å². The standard InChI is InChI=1S/C18H22ClN3O2/c1-13-20-7-10-22(13)12-14-5-8-21(9-6-14)18(23)16-11-15(19)3-4-17(16)24-2/h3-4,7,10-11,14H,5-6,8-9,12H2,1-2H3. The van der Waals surface area contributed by atoms with Crippen LogP contribution in [0.2, 0.25) is 5.02 Å². The van der Waals surface area contributed by atoms with Crippen molar-refractivity contribution in [1.82, 2.24) is 14.5 Å². The number of carbonyl (C=O) groups excluding carboxylic acids is 1. The minimum absolute atomic E-state index is 0.00777. The van der Waals surface area contributed by atoms with Gasteiger partial charge in [-0.2, -0.15) is 0 Å². The van der Waals surface area contributed by atoms with Crippen LogP contribution < -0.4 is 4.74 Å². The van der Waals surface area contributed by atoms with Gasteiger partial charge in [-0.05, 0) is 43.9 Å². The maximum absolute atomic E-state index is 12.8. The second-order valence-corrected chi connectivity index (χ2v) is 6.64. The maximum atomic E-state index is 12.8. The highest BCUT2D eigenvalue weighted by Crippen LogP contribution is 2.27. The Kier molecular flexibility index (Phi) is 5.09. The predicted octanol–water partition coefficient (Wildman–Crippen LogP) is 3.41. The van der Waals surface area contributed by atoms with Crippen molar-refractivity contribution in [2.24, 2.45) is 5.92 Å². The summed E-state index contributed by atoms with van der Waals surface area (Å²) < 4.78 is 7.48. The van der Waals surface area contributed by atoms with Crippen LogP contribution in [-0.2, 0) is 6.54 Å². The first-order valence-electron chi connectivity index (χ1n) is 8.19. The number of hydrogen-bond acceptors (Lipinski definition) is 3. The van der Waals surface area contributed by atoms with Gasteiger partial charge >= 0.3 is 0 Å². The zero-order chi connectivity index (χ0) is 17.1. The normalized spacial score (nSPS) is 15.5. The number of rotatable bonds is 4. The summed E-state index contributed by atoms with van der Waals surface area (Å²) in [6, 6.07) is 5.16. The molecule has 24 heavy (non-hydrogen) atoms. The number of piperidine rings is 1. The highest BCUT2D eigenvalue weighted by atomic mass is 35.5. The van der Waals surface area contributed by atoms with Crippen molar-refractivity contribution in [3.63, 3.8) is 0 Å². The fourth-order valence-corrected chi connectivity index (χ4v) is 3.38. The zero-order valence-corrected chi connectivity index (χ0v) is 14.8. The molecule has 0 saturated carbocycles. The number of ether oxygens (including phenoxy) is 1. The quantitative estimate of drug-likeness (QED) is 0.851. The number of likely N-dealkylation sites (tertiary alicyclic amines) is 1. The number of nitrogens with zero attached hydrogens (tertiary/aromatic N) is 3. The van der Waals surface area contributed by atoms with E-state index in [0.29, 0.717) is 22.3 Å². The number of aromatic nitrogens is 2. The number of imidazole rings is 1. The molecular weight excluding hydrogens is 326 g/mol. The van der Waals surface area contributed by atoms with Gasteiger partial charge in [0, 0.05) is 37.1 Å². The van der Waals surface area contributed by atoms with Gasteiger partial charge in [0.15, 0.2) is 0 Å². The second-order valence-electron chi connectivity index (χ2n) is 6.21. The molecular formula is C18H22ClN3O2. The van der Waals surface area contributed by atoms with E-state index in [1.165, 1.54) is 0 Å². The molecule has 6 heteroatoms. The second kappa shape index (κ2) is 7.26. The van der Waals surface area contributed by atoms with Gasteiger partial charge in [0.05, 0.1) is 12.7 Å². The number of halogens is 1. The molecule has 1 aromatic carbocycles. The number of aryl methyl sites for hydroxylation is 1. The molecule has 2 aromatic rings. The lowest BCUT2D eigenvalue weighted by Gasteiger charge is -2.32. The van der Waals surface area contributed by atoms with Crippen LogP contribution in [0.1, 0.15) is 29.0 Å². The number of hydrogen-bond donors (Lipinski definition) is 0. The fraction of sp³-hybridized carbons (Fsp3) is 0.444. The highest BCUT2D eigenvalue weighted by molar-refractivity contribution is 6.31. The van der Waals surface area contributed by atoms with Crippen LogP contribution in [0.15, 0.2) is 30.6 Å².